The second kappa shape index (κ2) is 5.36. The lowest BCUT2D eigenvalue weighted by Crippen LogP contribution is -2.12. The highest BCUT2D eigenvalue weighted by Gasteiger charge is 2.15. The summed E-state index contributed by atoms with van der Waals surface area (Å²) in [5, 5.41) is 4.17. The van der Waals surface area contributed by atoms with E-state index in [4.69, 9.17) is 5.73 Å². The molecule has 1 heterocycles. The molecule has 0 amide bonds. The van der Waals surface area contributed by atoms with Gasteiger partial charge in [-0.3, -0.25) is 0 Å². The number of hydrogen-bond acceptors (Lipinski definition) is 3. The SMILES string of the molecule is CSc1ccccc1C(N)c1cscc1Br. The minimum Gasteiger partial charge on any atom is -0.320 e. The van der Waals surface area contributed by atoms with E-state index in [0.29, 0.717) is 0 Å². The molecular weight excluding hydrogens is 302 g/mol. The van der Waals surface area contributed by atoms with E-state index in [9.17, 15) is 0 Å². The first-order chi connectivity index (χ1) is 7.74. The van der Waals surface area contributed by atoms with Crippen molar-refractivity contribution in [3.05, 3.63) is 50.6 Å². The fraction of sp³-hybridized carbons (Fsp3) is 0.167. The number of nitrogens with two attached hydrogens (primary N) is 1. The van der Waals surface area contributed by atoms with E-state index >= 15 is 0 Å². The summed E-state index contributed by atoms with van der Waals surface area (Å²) < 4.78 is 1.10. The highest BCUT2D eigenvalue weighted by atomic mass is 79.9. The summed E-state index contributed by atoms with van der Waals surface area (Å²) in [4.78, 5) is 1.24. The summed E-state index contributed by atoms with van der Waals surface area (Å²) >= 11 is 6.94. The summed E-state index contributed by atoms with van der Waals surface area (Å²) in [5.74, 6) is 0. The first-order valence-corrected chi connectivity index (χ1v) is 7.80. The van der Waals surface area contributed by atoms with Crippen molar-refractivity contribution in [3.63, 3.8) is 0 Å². The molecule has 0 aliphatic carbocycles. The molecule has 2 aromatic rings. The van der Waals surface area contributed by atoms with Crippen molar-refractivity contribution < 1.29 is 0 Å². The Bertz CT molecular complexity index is 481. The number of halogens is 1. The Balaban J connectivity index is 2.41. The Labute approximate surface area is 112 Å². The molecule has 1 unspecified atom stereocenters. The molecule has 0 saturated heterocycles. The highest BCUT2D eigenvalue weighted by molar-refractivity contribution is 9.10. The van der Waals surface area contributed by atoms with Crippen LogP contribution in [0.4, 0.5) is 0 Å². The maximum Gasteiger partial charge on any atom is 0.0582 e. The second-order valence-corrected chi connectivity index (χ2v) is 5.84. The highest BCUT2D eigenvalue weighted by Crippen LogP contribution is 2.33. The normalized spacial score (nSPS) is 12.7. The maximum atomic E-state index is 6.30. The summed E-state index contributed by atoms with van der Waals surface area (Å²) in [6.07, 6.45) is 2.08. The molecule has 0 saturated carbocycles. The van der Waals surface area contributed by atoms with Gasteiger partial charge in [0.1, 0.15) is 0 Å². The molecule has 0 fully saturated rings. The lowest BCUT2D eigenvalue weighted by Gasteiger charge is -2.14. The fourth-order valence-corrected chi connectivity index (χ4v) is 3.83. The predicted molar refractivity (Wildman–Crippen MR) is 76.3 cm³/mol. The molecule has 4 heteroatoms. The molecule has 0 bridgehead atoms. The first kappa shape index (κ1) is 12.2. The number of hydrogen-bond donors (Lipinski definition) is 1. The van der Waals surface area contributed by atoms with Crippen molar-refractivity contribution in [3.8, 4) is 0 Å². The molecule has 2 rings (SSSR count). The van der Waals surface area contributed by atoms with Crippen LogP contribution < -0.4 is 5.73 Å². The van der Waals surface area contributed by atoms with E-state index in [0.717, 1.165) is 10.0 Å². The zero-order chi connectivity index (χ0) is 11.5. The third-order valence-electron chi connectivity index (χ3n) is 2.45. The topological polar surface area (TPSA) is 26.0 Å². The van der Waals surface area contributed by atoms with Crippen LogP contribution in [-0.4, -0.2) is 6.26 Å². The molecule has 16 heavy (non-hydrogen) atoms. The van der Waals surface area contributed by atoms with Gasteiger partial charge in [0.25, 0.3) is 0 Å². The van der Waals surface area contributed by atoms with Gasteiger partial charge in [-0.25, -0.2) is 0 Å². The van der Waals surface area contributed by atoms with Crippen LogP contribution in [0.5, 0.6) is 0 Å². The molecular formula is C12H12BrNS2. The van der Waals surface area contributed by atoms with Gasteiger partial charge in [0, 0.05) is 14.7 Å². The molecule has 0 aliphatic rings. The Morgan fingerprint density at radius 3 is 2.62 bits per heavy atom. The van der Waals surface area contributed by atoms with Crippen LogP contribution in [0, 0.1) is 0 Å². The maximum absolute atomic E-state index is 6.30. The average molecular weight is 314 g/mol. The van der Waals surface area contributed by atoms with Crippen LogP contribution in [0.15, 0.2) is 44.4 Å². The van der Waals surface area contributed by atoms with Gasteiger partial charge in [-0.05, 0) is 44.8 Å². The van der Waals surface area contributed by atoms with Crippen molar-refractivity contribution in [2.75, 3.05) is 6.26 Å². The third-order valence-corrected chi connectivity index (χ3v) is 5.01. The summed E-state index contributed by atoms with van der Waals surface area (Å²) in [7, 11) is 0. The largest absolute Gasteiger partial charge is 0.320 e. The Kier molecular flexibility index (Phi) is 4.08. The van der Waals surface area contributed by atoms with Gasteiger partial charge in [0.15, 0.2) is 0 Å². The van der Waals surface area contributed by atoms with Gasteiger partial charge < -0.3 is 5.73 Å². The van der Waals surface area contributed by atoms with Crippen LogP contribution >= 0.6 is 39.0 Å². The number of benzene rings is 1. The summed E-state index contributed by atoms with van der Waals surface area (Å²) in [6, 6.07) is 8.24. The van der Waals surface area contributed by atoms with E-state index in [1.165, 1.54) is 10.5 Å². The fourth-order valence-electron chi connectivity index (χ4n) is 1.60. The van der Waals surface area contributed by atoms with Crippen LogP contribution in [0.1, 0.15) is 17.2 Å². The van der Waals surface area contributed by atoms with E-state index < -0.39 is 0 Å². The minimum absolute atomic E-state index is 0.0516. The Hall–Kier alpha value is -0.290. The van der Waals surface area contributed by atoms with Crippen molar-refractivity contribution >= 4 is 39.0 Å². The smallest absolute Gasteiger partial charge is 0.0582 e. The Morgan fingerprint density at radius 1 is 1.25 bits per heavy atom. The molecule has 1 aromatic heterocycles. The molecule has 1 nitrogen and oxygen atoms in total. The van der Waals surface area contributed by atoms with Gasteiger partial charge in [0.05, 0.1) is 6.04 Å². The van der Waals surface area contributed by atoms with Crippen molar-refractivity contribution in [2.24, 2.45) is 5.73 Å². The number of thioether (sulfide) groups is 1. The quantitative estimate of drug-likeness (QED) is 0.856. The van der Waals surface area contributed by atoms with Crippen molar-refractivity contribution in [1.29, 1.82) is 0 Å². The first-order valence-electron chi connectivity index (χ1n) is 4.84. The van der Waals surface area contributed by atoms with Gasteiger partial charge in [-0.1, -0.05) is 18.2 Å². The minimum atomic E-state index is -0.0516. The van der Waals surface area contributed by atoms with E-state index in [-0.39, 0.29) is 6.04 Å². The summed E-state index contributed by atoms with van der Waals surface area (Å²) in [5.41, 5.74) is 8.65. The van der Waals surface area contributed by atoms with Crippen LogP contribution in [0.2, 0.25) is 0 Å². The third kappa shape index (κ3) is 2.35. The van der Waals surface area contributed by atoms with Crippen molar-refractivity contribution in [1.82, 2.24) is 0 Å². The average Bonchev–Trinajstić information content (AvgIpc) is 2.74. The zero-order valence-electron chi connectivity index (χ0n) is 8.81. The van der Waals surface area contributed by atoms with Gasteiger partial charge in [-0.2, -0.15) is 11.3 Å². The molecule has 2 N–H and O–H groups in total. The molecule has 1 atom stereocenters. The molecule has 84 valence electrons. The molecule has 0 spiro atoms. The number of thiophene rings is 1. The number of rotatable bonds is 3. The second-order valence-electron chi connectivity index (χ2n) is 3.39. The monoisotopic (exact) mass is 313 g/mol. The summed E-state index contributed by atoms with van der Waals surface area (Å²) in [6.45, 7) is 0. The lowest BCUT2D eigenvalue weighted by atomic mass is 10.0. The van der Waals surface area contributed by atoms with Crippen LogP contribution in [-0.2, 0) is 0 Å². The van der Waals surface area contributed by atoms with Crippen LogP contribution in [0.3, 0.4) is 0 Å². The van der Waals surface area contributed by atoms with E-state index in [1.807, 2.05) is 12.1 Å². The van der Waals surface area contributed by atoms with E-state index in [2.05, 4.69) is 45.1 Å². The lowest BCUT2D eigenvalue weighted by molar-refractivity contribution is 0.848. The zero-order valence-corrected chi connectivity index (χ0v) is 12.0. The van der Waals surface area contributed by atoms with E-state index in [1.54, 1.807) is 23.1 Å². The standard InChI is InChI=1S/C12H12BrNS2/c1-15-11-5-3-2-4-8(11)12(14)9-6-16-7-10(9)13/h2-7,12H,14H2,1H3. The van der Waals surface area contributed by atoms with Crippen molar-refractivity contribution in [2.45, 2.75) is 10.9 Å². The molecule has 0 aliphatic heterocycles. The van der Waals surface area contributed by atoms with Gasteiger partial charge >= 0.3 is 0 Å². The van der Waals surface area contributed by atoms with Crippen LogP contribution in [0.25, 0.3) is 0 Å². The molecule has 0 radical (unpaired) electrons. The Morgan fingerprint density at radius 2 is 2.00 bits per heavy atom. The molecule has 1 aromatic carbocycles. The predicted octanol–water partition coefficient (Wildman–Crippen LogP) is 4.28. The van der Waals surface area contributed by atoms with Gasteiger partial charge in [-0.15, -0.1) is 11.8 Å². The van der Waals surface area contributed by atoms with Gasteiger partial charge in [0.2, 0.25) is 0 Å².